The lowest BCUT2D eigenvalue weighted by Crippen LogP contribution is -2.61. The Morgan fingerprint density at radius 3 is 1.40 bits per heavy atom. The molecule has 9 aromatic rings. The Kier molecular flexibility index (Phi) is 7.24. The van der Waals surface area contributed by atoms with Crippen LogP contribution >= 0.6 is 0 Å². The predicted octanol–water partition coefficient (Wildman–Crippen LogP) is 11.6. The van der Waals surface area contributed by atoms with Crippen molar-refractivity contribution in [2.75, 3.05) is 9.80 Å². The molecule has 4 nitrogen and oxygen atoms in total. The molecule has 0 saturated carbocycles. The molecule has 2 aromatic heterocycles. The molecule has 5 heteroatoms. The summed E-state index contributed by atoms with van der Waals surface area (Å²) in [5, 5.41) is 0. The van der Waals surface area contributed by atoms with E-state index in [1.54, 1.807) is 12.5 Å². The number of para-hydroxylation sites is 2. The molecule has 0 fully saturated rings. The molecule has 11 rings (SSSR count). The van der Waals surface area contributed by atoms with E-state index in [2.05, 4.69) is 174 Å². The zero-order valence-electron chi connectivity index (χ0n) is 29.8. The standard InChI is InChI=1S/C50H33BN2O2/c1-2-9-40(10-3-1)52-45-30-27-39(36-19-23-38(24-20-36)49-16-8-32-55-49)33-43(45)51-42-11-4-5-12-44(42)53(47-14-6-13-46(52)50(47)51)41-28-25-35(26-29-41)34-17-21-37(22-18-34)48-15-7-31-54-48/h1-33H. The highest BCUT2D eigenvalue weighted by molar-refractivity contribution is 7.00. The second-order valence-corrected chi connectivity index (χ2v) is 14.1. The maximum Gasteiger partial charge on any atom is 0.252 e. The zero-order valence-corrected chi connectivity index (χ0v) is 29.8. The summed E-state index contributed by atoms with van der Waals surface area (Å²) >= 11 is 0. The van der Waals surface area contributed by atoms with Crippen molar-refractivity contribution in [1.29, 1.82) is 0 Å². The van der Waals surface area contributed by atoms with Gasteiger partial charge in [0.2, 0.25) is 0 Å². The molecule has 55 heavy (non-hydrogen) atoms. The van der Waals surface area contributed by atoms with E-state index in [9.17, 15) is 0 Å². The van der Waals surface area contributed by atoms with Gasteiger partial charge < -0.3 is 18.6 Å². The Labute approximate surface area is 320 Å². The monoisotopic (exact) mass is 704 g/mol. The molecule has 0 unspecified atom stereocenters. The lowest BCUT2D eigenvalue weighted by Gasteiger charge is -2.44. The fourth-order valence-corrected chi connectivity index (χ4v) is 8.55. The second-order valence-electron chi connectivity index (χ2n) is 14.1. The van der Waals surface area contributed by atoms with Gasteiger partial charge in [0.25, 0.3) is 6.71 Å². The Hall–Kier alpha value is -7.24. The number of anilines is 6. The minimum atomic E-state index is 0.0444. The molecular formula is C50H33BN2O2. The van der Waals surface area contributed by atoms with E-state index in [0.717, 1.165) is 34.0 Å². The normalized spacial score (nSPS) is 12.6. The summed E-state index contributed by atoms with van der Waals surface area (Å²) in [6.45, 7) is 0.0444. The third-order valence-corrected chi connectivity index (χ3v) is 11.1. The van der Waals surface area contributed by atoms with E-state index < -0.39 is 0 Å². The minimum absolute atomic E-state index is 0.0444. The molecule has 0 atom stereocenters. The van der Waals surface area contributed by atoms with Crippen LogP contribution in [0.15, 0.2) is 209 Å². The Morgan fingerprint density at radius 1 is 0.327 bits per heavy atom. The second kappa shape index (κ2) is 12.7. The fraction of sp³-hybridized carbons (Fsp3) is 0. The van der Waals surface area contributed by atoms with Crippen LogP contribution in [0.5, 0.6) is 0 Å². The average molecular weight is 705 g/mol. The smallest absolute Gasteiger partial charge is 0.252 e. The average Bonchev–Trinajstić information content (AvgIpc) is 4.01. The van der Waals surface area contributed by atoms with Gasteiger partial charge in [-0.3, -0.25) is 0 Å². The molecule has 0 spiro atoms. The number of furan rings is 2. The molecule has 258 valence electrons. The third-order valence-electron chi connectivity index (χ3n) is 11.1. The number of nitrogens with zero attached hydrogens (tertiary/aromatic N) is 2. The molecule has 0 aliphatic carbocycles. The largest absolute Gasteiger partial charge is 0.464 e. The predicted molar refractivity (Wildman–Crippen MR) is 227 cm³/mol. The first-order chi connectivity index (χ1) is 27.3. The lowest BCUT2D eigenvalue weighted by molar-refractivity contribution is 0.582. The summed E-state index contributed by atoms with van der Waals surface area (Å²) in [6.07, 6.45) is 3.43. The van der Waals surface area contributed by atoms with E-state index in [1.165, 1.54) is 61.4 Å². The van der Waals surface area contributed by atoms with Gasteiger partial charge in [-0.05, 0) is 111 Å². The van der Waals surface area contributed by atoms with Gasteiger partial charge in [-0.1, -0.05) is 115 Å². The summed E-state index contributed by atoms with van der Waals surface area (Å²) in [5.41, 5.74) is 17.8. The highest BCUT2D eigenvalue weighted by atomic mass is 16.3. The first-order valence-corrected chi connectivity index (χ1v) is 18.7. The van der Waals surface area contributed by atoms with Gasteiger partial charge >= 0.3 is 0 Å². The van der Waals surface area contributed by atoms with Gasteiger partial charge in [0, 0.05) is 45.3 Å². The van der Waals surface area contributed by atoms with Crippen LogP contribution in [0.4, 0.5) is 34.1 Å². The van der Waals surface area contributed by atoms with Crippen molar-refractivity contribution < 1.29 is 8.83 Å². The number of hydrogen-bond acceptors (Lipinski definition) is 4. The van der Waals surface area contributed by atoms with E-state index in [4.69, 9.17) is 8.83 Å². The van der Waals surface area contributed by atoms with Crippen molar-refractivity contribution in [2.24, 2.45) is 0 Å². The molecule has 4 heterocycles. The van der Waals surface area contributed by atoms with Crippen molar-refractivity contribution in [1.82, 2.24) is 0 Å². The van der Waals surface area contributed by atoms with Crippen LogP contribution in [0.1, 0.15) is 0 Å². The molecule has 0 radical (unpaired) electrons. The van der Waals surface area contributed by atoms with Gasteiger partial charge in [0.1, 0.15) is 11.5 Å². The van der Waals surface area contributed by atoms with Crippen molar-refractivity contribution in [3.63, 3.8) is 0 Å². The zero-order chi connectivity index (χ0) is 36.3. The van der Waals surface area contributed by atoms with Crippen LogP contribution in [-0.2, 0) is 0 Å². The van der Waals surface area contributed by atoms with Gasteiger partial charge in [0.15, 0.2) is 0 Å². The van der Waals surface area contributed by atoms with Gasteiger partial charge in [-0.15, -0.1) is 0 Å². The first kappa shape index (κ1) is 31.3. The number of fused-ring (bicyclic) bond motifs is 4. The van der Waals surface area contributed by atoms with Crippen LogP contribution < -0.4 is 26.2 Å². The summed E-state index contributed by atoms with van der Waals surface area (Å²) in [6, 6.07) is 67.5. The third kappa shape index (κ3) is 5.16. The van der Waals surface area contributed by atoms with Crippen LogP contribution in [0.25, 0.3) is 44.9 Å². The summed E-state index contributed by atoms with van der Waals surface area (Å²) in [4.78, 5) is 4.88. The number of benzene rings is 7. The molecule has 0 saturated heterocycles. The minimum Gasteiger partial charge on any atom is -0.464 e. The summed E-state index contributed by atoms with van der Waals surface area (Å²) < 4.78 is 11.3. The number of rotatable bonds is 6. The quantitative estimate of drug-likeness (QED) is 0.161. The van der Waals surface area contributed by atoms with Crippen molar-refractivity contribution >= 4 is 57.2 Å². The van der Waals surface area contributed by atoms with E-state index in [-0.39, 0.29) is 6.71 Å². The molecule has 0 N–H and O–H groups in total. The highest BCUT2D eigenvalue weighted by Crippen LogP contribution is 2.44. The molecule has 0 bridgehead atoms. The van der Waals surface area contributed by atoms with Crippen LogP contribution in [0.2, 0.25) is 0 Å². The van der Waals surface area contributed by atoms with E-state index >= 15 is 0 Å². The maximum atomic E-state index is 5.68. The van der Waals surface area contributed by atoms with E-state index in [1.807, 2.05) is 24.3 Å². The molecule has 7 aromatic carbocycles. The van der Waals surface area contributed by atoms with Gasteiger partial charge in [0.05, 0.1) is 12.5 Å². The summed E-state index contributed by atoms with van der Waals surface area (Å²) in [5.74, 6) is 1.75. The SMILES string of the molecule is c1ccc(N2c3ccc(-c4ccc(-c5ccco5)cc4)cc3B3c4ccccc4N(c4ccc(-c5ccc(-c6ccco6)cc5)cc4)c4cccc2c43)cc1. The van der Waals surface area contributed by atoms with Crippen molar-refractivity contribution in [2.45, 2.75) is 0 Å². The van der Waals surface area contributed by atoms with Crippen LogP contribution in [0.3, 0.4) is 0 Å². The Balaban J connectivity index is 1.04. The Bertz CT molecular complexity index is 2790. The number of hydrogen-bond donors (Lipinski definition) is 0. The molecule has 0 amide bonds. The van der Waals surface area contributed by atoms with Crippen molar-refractivity contribution in [3.8, 4) is 44.9 Å². The highest BCUT2D eigenvalue weighted by Gasteiger charge is 2.43. The van der Waals surface area contributed by atoms with Crippen molar-refractivity contribution in [3.05, 3.63) is 201 Å². The molecule has 2 aliphatic heterocycles. The lowest BCUT2D eigenvalue weighted by atomic mass is 9.33. The van der Waals surface area contributed by atoms with E-state index in [0.29, 0.717) is 0 Å². The fourth-order valence-electron chi connectivity index (χ4n) is 8.55. The van der Waals surface area contributed by atoms with Crippen LogP contribution in [-0.4, -0.2) is 6.71 Å². The molecule has 2 aliphatic rings. The Morgan fingerprint density at radius 2 is 0.800 bits per heavy atom. The molecular weight excluding hydrogens is 671 g/mol. The van der Waals surface area contributed by atoms with Gasteiger partial charge in [-0.25, -0.2) is 0 Å². The van der Waals surface area contributed by atoms with Crippen LogP contribution in [0, 0.1) is 0 Å². The first-order valence-electron chi connectivity index (χ1n) is 18.7. The van der Waals surface area contributed by atoms with Gasteiger partial charge in [-0.2, -0.15) is 0 Å². The topological polar surface area (TPSA) is 32.8 Å². The maximum absolute atomic E-state index is 5.68. The summed E-state index contributed by atoms with van der Waals surface area (Å²) in [7, 11) is 0.